The third-order valence-corrected chi connectivity index (χ3v) is 6.82. The lowest BCUT2D eigenvalue weighted by Gasteiger charge is -2.32. The molecule has 0 heterocycles. The normalized spacial score (nSPS) is 13.1. The molecule has 0 unspecified atom stereocenters. The SMILES string of the molecule is CCN(CC)S(=O)(=O)c1ccc(C)c(C(=O)O[C@H](C)C(=O)N(C(C)C)C(C)C)c1. The van der Waals surface area contributed by atoms with Gasteiger partial charge in [-0.3, -0.25) is 4.79 Å². The van der Waals surface area contributed by atoms with E-state index in [1.165, 1.54) is 23.4 Å². The van der Waals surface area contributed by atoms with Gasteiger partial charge in [-0.05, 0) is 59.2 Å². The van der Waals surface area contributed by atoms with Crippen molar-refractivity contribution >= 4 is 21.9 Å². The first-order valence-electron chi connectivity index (χ1n) is 10.0. The van der Waals surface area contributed by atoms with E-state index in [1.807, 2.05) is 27.7 Å². The molecule has 0 fully saturated rings. The van der Waals surface area contributed by atoms with E-state index >= 15 is 0 Å². The molecule has 8 heteroatoms. The van der Waals surface area contributed by atoms with Gasteiger partial charge in [-0.15, -0.1) is 0 Å². The minimum absolute atomic E-state index is 0.0312. The van der Waals surface area contributed by atoms with Crippen molar-refractivity contribution in [3.63, 3.8) is 0 Å². The maximum absolute atomic E-state index is 12.8. The maximum Gasteiger partial charge on any atom is 0.339 e. The molecular formula is C21H34N2O5S. The summed E-state index contributed by atoms with van der Waals surface area (Å²) < 4.78 is 32.3. The number of aryl methyl sites for hydroxylation is 1. The lowest BCUT2D eigenvalue weighted by Crippen LogP contribution is -2.47. The molecule has 164 valence electrons. The zero-order valence-corrected chi connectivity index (χ0v) is 19.5. The van der Waals surface area contributed by atoms with Crippen LogP contribution in [0.15, 0.2) is 23.1 Å². The number of rotatable bonds is 9. The number of hydrogen-bond acceptors (Lipinski definition) is 5. The van der Waals surface area contributed by atoms with Crippen LogP contribution in [0.4, 0.5) is 0 Å². The van der Waals surface area contributed by atoms with E-state index in [1.54, 1.807) is 31.7 Å². The number of hydrogen-bond donors (Lipinski definition) is 0. The molecule has 0 aliphatic rings. The molecule has 0 radical (unpaired) electrons. The van der Waals surface area contributed by atoms with Gasteiger partial charge in [0.1, 0.15) is 0 Å². The zero-order valence-electron chi connectivity index (χ0n) is 18.7. The summed E-state index contributed by atoms with van der Waals surface area (Å²) in [5.41, 5.74) is 0.719. The largest absolute Gasteiger partial charge is 0.449 e. The maximum atomic E-state index is 12.8. The first-order chi connectivity index (χ1) is 13.4. The van der Waals surface area contributed by atoms with Gasteiger partial charge in [-0.25, -0.2) is 13.2 Å². The van der Waals surface area contributed by atoms with E-state index in [4.69, 9.17) is 4.74 Å². The second kappa shape index (κ2) is 10.2. The summed E-state index contributed by atoms with van der Waals surface area (Å²) in [5, 5.41) is 0. The van der Waals surface area contributed by atoms with Gasteiger partial charge in [0.2, 0.25) is 10.0 Å². The van der Waals surface area contributed by atoms with Crippen molar-refractivity contribution in [1.82, 2.24) is 9.21 Å². The highest BCUT2D eigenvalue weighted by atomic mass is 32.2. The third-order valence-electron chi connectivity index (χ3n) is 4.77. The molecule has 0 aromatic heterocycles. The number of carbonyl (C=O) groups is 2. The topological polar surface area (TPSA) is 84.0 Å². The van der Waals surface area contributed by atoms with E-state index in [9.17, 15) is 18.0 Å². The summed E-state index contributed by atoms with van der Waals surface area (Å²) >= 11 is 0. The fourth-order valence-corrected chi connectivity index (χ4v) is 4.77. The smallest absolute Gasteiger partial charge is 0.339 e. The molecule has 0 aliphatic carbocycles. The van der Waals surface area contributed by atoms with Gasteiger partial charge in [0, 0.05) is 25.2 Å². The second-order valence-corrected chi connectivity index (χ2v) is 9.48. The van der Waals surface area contributed by atoms with Crippen molar-refractivity contribution in [2.45, 2.75) is 78.5 Å². The van der Waals surface area contributed by atoms with Crippen LogP contribution in [0.2, 0.25) is 0 Å². The molecular weight excluding hydrogens is 392 g/mol. The molecule has 1 rings (SSSR count). The van der Waals surface area contributed by atoms with Crippen LogP contribution in [-0.4, -0.2) is 60.8 Å². The van der Waals surface area contributed by atoms with Crippen LogP contribution < -0.4 is 0 Å². The van der Waals surface area contributed by atoms with Crippen LogP contribution in [0, 0.1) is 6.92 Å². The summed E-state index contributed by atoms with van der Waals surface area (Å²) in [6, 6.07) is 4.31. The first kappa shape index (κ1) is 25.1. The fourth-order valence-electron chi connectivity index (χ4n) is 3.28. The predicted molar refractivity (Wildman–Crippen MR) is 113 cm³/mol. The lowest BCUT2D eigenvalue weighted by atomic mass is 10.1. The molecule has 1 aromatic rings. The summed E-state index contributed by atoms with van der Waals surface area (Å²) in [6.07, 6.45) is -0.977. The van der Waals surface area contributed by atoms with Crippen molar-refractivity contribution in [3.05, 3.63) is 29.3 Å². The Morgan fingerprint density at radius 2 is 1.52 bits per heavy atom. The second-order valence-electron chi connectivity index (χ2n) is 7.55. The molecule has 1 atom stereocenters. The van der Waals surface area contributed by atoms with E-state index in [-0.39, 0.29) is 28.4 Å². The number of amides is 1. The minimum atomic E-state index is -3.70. The van der Waals surface area contributed by atoms with Gasteiger partial charge in [-0.2, -0.15) is 4.31 Å². The molecule has 0 spiro atoms. The summed E-state index contributed by atoms with van der Waals surface area (Å²) in [4.78, 5) is 27.1. The van der Waals surface area contributed by atoms with Crippen LogP contribution >= 0.6 is 0 Å². The fraction of sp³-hybridized carbons (Fsp3) is 0.619. The Bertz CT molecular complexity index is 821. The van der Waals surface area contributed by atoms with Crippen molar-refractivity contribution < 1.29 is 22.7 Å². The van der Waals surface area contributed by atoms with Crippen LogP contribution in [-0.2, 0) is 19.6 Å². The average molecular weight is 427 g/mol. The van der Waals surface area contributed by atoms with Gasteiger partial charge >= 0.3 is 5.97 Å². The van der Waals surface area contributed by atoms with Crippen LogP contribution in [0.3, 0.4) is 0 Å². The Hall–Kier alpha value is -1.93. The summed E-state index contributed by atoms with van der Waals surface area (Å²) in [5.74, 6) is -1.000. The molecule has 0 aliphatic heterocycles. The standard InChI is InChI=1S/C21H34N2O5S/c1-9-22(10-2)29(26,27)18-12-11-16(7)19(13-18)21(25)28-17(8)20(24)23(14(3)4)15(5)6/h11-15,17H,9-10H2,1-8H3/t17-/m1/s1. The Morgan fingerprint density at radius 3 is 1.97 bits per heavy atom. The van der Waals surface area contributed by atoms with E-state index in [0.29, 0.717) is 18.7 Å². The quantitative estimate of drug-likeness (QED) is 0.566. The predicted octanol–water partition coefficient (Wildman–Crippen LogP) is 3.22. The minimum Gasteiger partial charge on any atom is -0.449 e. The monoisotopic (exact) mass is 426 g/mol. The summed E-state index contributed by atoms with van der Waals surface area (Å²) in [7, 11) is -3.70. The molecule has 0 bridgehead atoms. The molecule has 1 amide bonds. The van der Waals surface area contributed by atoms with Crippen molar-refractivity contribution in [3.8, 4) is 0 Å². The van der Waals surface area contributed by atoms with Gasteiger partial charge in [0.05, 0.1) is 10.5 Å². The Kier molecular flexibility index (Phi) is 8.84. The molecule has 1 aromatic carbocycles. The highest BCUT2D eigenvalue weighted by Gasteiger charge is 2.29. The number of sulfonamides is 1. The van der Waals surface area contributed by atoms with E-state index in [2.05, 4.69) is 0 Å². The third kappa shape index (κ3) is 5.79. The van der Waals surface area contributed by atoms with Crippen molar-refractivity contribution in [1.29, 1.82) is 0 Å². The Balaban J connectivity index is 3.16. The average Bonchev–Trinajstić information content (AvgIpc) is 2.61. The molecule has 0 saturated heterocycles. The molecule has 0 saturated carbocycles. The van der Waals surface area contributed by atoms with Gasteiger partial charge in [0.25, 0.3) is 5.91 Å². The van der Waals surface area contributed by atoms with Gasteiger partial charge < -0.3 is 9.64 Å². The summed E-state index contributed by atoms with van der Waals surface area (Å²) in [6.45, 7) is 15.0. The Labute approximate surface area is 175 Å². The van der Waals surface area contributed by atoms with Gasteiger partial charge in [-0.1, -0.05) is 19.9 Å². The highest BCUT2D eigenvalue weighted by Crippen LogP contribution is 2.21. The molecule has 29 heavy (non-hydrogen) atoms. The molecule has 7 nitrogen and oxygen atoms in total. The van der Waals surface area contributed by atoms with Crippen LogP contribution in [0.25, 0.3) is 0 Å². The van der Waals surface area contributed by atoms with Crippen LogP contribution in [0.1, 0.15) is 64.4 Å². The number of nitrogens with zero attached hydrogens (tertiary/aromatic N) is 2. The van der Waals surface area contributed by atoms with Crippen LogP contribution in [0.5, 0.6) is 0 Å². The van der Waals surface area contributed by atoms with E-state index in [0.717, 1.165) is 0 Å². The number of carbonyl (C=O) groups excluding carboxylic acids is 2. The molecule has 0 N–H and O–H groups in total. The van der Waals surface area contributed by atoms with Crippen molar-refractivity contribution in [2.75, 3.05) is 13.1 Å². The van der Waals surface area contributed by atoms with E-state index < -0.39 is 22.1 Å². The lowest BCUT2D eigenvalue weighted by molar-refractivity contribution is -0.143. The van der Waals surface area contributed by atoms with Crippen molar-refractivity contribution in [2.24, 2.45) is 0 Å². The highest BCUT2D eigenvalue weighted by molar-refractivity contribution is 7.89. The number of benzene rings is 1. The van der Waals surface area contributed by atoms with Gasteiger partial charge in [0.15, 0.2) is 6.10 Å². The zero-order chi connectivity index (χ0) is 22.5. The first-order valence-corrected chi connectivity index (χ1v) is 11.5. The Morgan fingerprint density at radius 1 is 1.00 bits per heavy atom. The number of esters is 1. The number of ether oxygens (including phenoxy) is 1.